The zero-order valence-corrected chi connectivity index (χ0v) is 11.1. The first-order valence-corrected chi connectivity index (χ1v) is 6.70. The maximum absolute atomic E-state index is 11.5. The lowest BCUT2D eigenvalue weighted by Gasteiger charge is -2.20. The third-order valence-electron chi connectivity index (χ3n) is 2.49. The number of rotatable bonds is 10. The molecule has 0 aromatic rings. The molecule has 0 aromatic carbocycles. The van der Waals surface area contributed by atoms with Crippen LogP contribution in [0, 0.1) is 0 Å². The van der Waals surface area contributed by atoms with Crippen molar-refractivity contribution >= 4 is 5.97 Å². The molecule has 0 aliphatic carbocycles. The van der Waals surface area contributed by atoms with Gasteiger partial charge in [-0.25, -0.2) is 0 Å². The largest absolute Gasteiger partial charge is 0.368 e. The number of hydrogen-bond acceptors (Lipinski definition) is 3. The first kappa shape index (κ1) is 15.4. The van der Waals surface area contributed by atoms with Crippen molar-refractivity contribution in [3.8, 4) is 0 Å². The standard InChI is InChI=1S/C13H27NO2/c1-4-7-10-13(15)16-14(11-8-5-2)12-9-6-3/h4-12H2,1-3H3. The van der Waals surface area contributed by atoms with Crippen molar-refractivity contribution in [1.29, 1.82) is 0 Å². The van der Waals surface area contributed by atoms with E-state index < -0.39 is 0 Å². The van der Waals surface area contributed by atoms with Gasteiger partial charge in [0.2, 0.25) is 0 Å². The van der Waals surface area contributed by atoms with Crippen LogP contribution in [0.2, 0.25) is 0 Å². The van der Waals surface area contributed by atoms with Gasteiger partial charge in [0.1, 0.15) is 0 Å². The van der Waals surface area contributed by atoms with Crippen LogP contribution >= 0.6 is 0 Å². The third kappa shape index (κ3) is 8.72. The van der Waals surface area contributed by atoms with E-state index in [1.165, 1.54) is 0 Å². The van der Waals surface area contributed by atoms with E-state index in [4.69, 9.17) is 4.84 Å². The summed E-state index contributed by atoms with van der Waals surface area (Å²) in [5.41, 5.74) is 0. The van der Waals surface area contributed by atoms with Gasteiger partial charge in [0, 0.05) is 19.5 Å². The van der Waals surface area contributed by atoms with Gasteiger partial charge in [-0.05, 0) is 19.3 Å². The molecule has 0 unspecified atom stereocenters. The molecule has 0 aromatic heterocycles. The van der Waals surface area contributed by atoms with E-state index >= 15 is 0 Å². The fraction of sp³-hybridized carbons (Fsp3) is 0.923. The van der Waals surface area contributed by atoms with Crippen LogP contribution in [0.1, 0.15) is 65.7 Å². The van der Waals surface area contributed by atoms with Gasteiger partial charge in [0.15, 0.2) is 0 Å². The van der Waals surface area contributed by atoms with Crippen molar-refractivity contribution < 1.29 is 9.63 Å². The summed E-state index contributed by atoms with van der Waals surface area (Å²) in [6.45, 7) is 8.12. The maximum Gasteiger partial charge on any atom is 0.325 e. The lowest BCUT2D eigenvalue weighted by molar-refractivity contribution is -0.191. The average molecular weight is 229 g/mol. The van der Waals surface area contributed by atoms with Gasteiger partial charge < -0.3 is 4.84 Å². The Morgan fingerprint density at radius 3 is 1.88 bits per heavy atom. The molecule has 3 heteroatoms. The summed E-state index contributed by atoms with van der Waals surface area (Å²) >= 11 is 0. The van der Waals surface area contributed by atoms with E-state index in [1.807, 2.05) is 5.06 Å². The van der Waals surface area contributed by atoms with E-state index in [9.17, 15) is 4.79 Å². The van der Waals surface area contributed by atoms with Gasteiger partial charge in [-0.15, -0.1) is 5.06 Å². The Bertz CT molecular complexity index is 163. The van der Waals surface area contributed by atoms with E-state index in [0.717, 1.165) is 51.6 Å². The van der Waals surface area contributed by atoms with Crippen molar-refractivity contribution in [2.45, 2.75) is 65.7 Å². The highest BCUT2D eigenvalue weighted by Gasteiger charge is 2.10. The van der Waals surface area contributed by atoms with Crippen LogP contribution in [0.25, 0.3) is 0 Å². The summed E-state index contributed by atoms with van der Waals surface area (Å²) in [4.78, 5) is 16.8. The first-order valence-electron chi connectivity index (χ1n) is 6.70. The summed E-state index contributed by atoms with van der Waals surface area (Å²) in [6.07, 6.45) is 6.96. The molecule has 0 fully saturated rings. The smallest absolute Gasteiger partial charge is 0.325 e. The minimum absolute atomic E-state index is 0.0749. The number of carbonyl (C=O) groups is 1. The monoisotopic (exact) mass is 229 g/mol. The predicted octanol–water partition coefficient (Wildman–Crippen LogP) is 3.54. The minimum atomic E-state index is -0.0749. The summed E-state index contributed by atoms with van der Waals surface area (Å²) in [5.74, 6) is -0.0749. The number of hydroxylamine groups is 2. The molecule has 0 bridgehead atoms. The molecule has 0 N–H and O–H groups in total. The molecular weight excluding hydrogens is 202 g/mol. The highest BCUT2D eigenvalue weighted by atomic mass is 16.7. The lowest BCUT2D eigenvalue weighted by Crippen LogP contribution is -2.29. The Kier molecular flexibility index (Phi) is 10.5. The minimum Gasteiger partial charge on any atom is -0.368 e. The fourth-order valence-electron chi connectivity index (χ4n) is 1.38. The van der Waals surface area contributed by atoms with E-state index in [2.05, 4.69) is 20.8 Å². The summed E-state index contributed by atoms with van der Waals surface area (Å²) in [6, 6.07) is 0. The van der Waals surface area contributed by atoms with Crippen molar-refractivity contribution in [1.82, 2.24) is 5.06 Å². The molecule has 0 saturated heterocycles. The molecule has 0 aliphatic rings. The molecule has 96 valence electrons. The topological polar surface area (TPSA) is 29.5 Å². The second-order valence-electron chi connectivity index (χ2n) is 4.20. The van der Waals surface area contributed by atoms with Gasteiger partial charge in [-0.3, -0.25) is 4.79 Å². The number of nitrogens with zero attached hydrogens (tertiary/aromatic N) is 1. The van der Waals surface area contributed by atoms with Crippen LogP contribution in [0.3, 0.4) is 0 Å². The van der Waals surface area contributed by atoms with Crippen LogP contribution in [-0.4, -0.2) is 24.1 Å². The van der Waals surface area contributed by atoms with Gasteiger partial charge in [0.25, 0.3) is 0 Å². The molecule has 0 atom stereocenters. The lowest BCUT2D eigenvalue weighted by atomic mass is 10.2. The fourth-order valence-corrected chi connectivity index (χ4v) is 1.38. The van der Waals surface area contributed by atoms with E-state index in [1.54, 1.807) is 0 Å². The summed E-state index contributed by atoms with van der Waals surface area (Å²) < 4.78 is 0. The van der Waals surface area contributed by atoms with Crippen molar-refractivity contribution in [3.05, 3.63) is 0 Å². The molecule has 0 radical (unpaired) electrons. The van der Waals surface area contributed by atoms with Crippen LogP contribution in [0.15, 0.2) is 0 Å². The quantitative estimate of drug-likeness (QED) is 0.537. The SMILES string of the molecule is CCCCC(=O)ON(CCCC)CCCC. The normalized spacial score (nSPS) is 10.8. The highest BCUT2D eigenvalue weighted by Crippen LogP contribution is 2.04. The predicted molar refractivity (Wildman–Crippen MR) is 67.0 cm³/mol. The van der Waals surface area contributed by atoms with E-state index in [-0.39, 0.29) is 5.97 Å². The average Bonchev–Trinajstić information content (AvgIpc) is 2.30. The van der Waals surface area contributed by atoms with Crippen LogP contribution in [0.5, 0.6) is 0 Å². The van der Waals surface area contributed by atoms with Gasteiger partial charge >= 0.3 is 5.97 Å². The molecule has 16 heavy (non-hydrogen) atoms. The number of hydrogen-bond donors (Lipinski definition) is 0. The number of unbranched alkanes of at least 4 members (excludes halogenated alkanes) is 3. The zero-order valence-electron chi connectivity index (χ0n) is 11.1. The molecule has 0 rings (SSSR count). The highest BCUT2D eigenvalue weighted by molar-refractivity contribution is 5.68. The Morgan fingerprint density at radius 2 is 1.44 bits per heavy atom. The molecule has 3 nitrogen and oxygen atoms in total. The van der Waals surface area contributed by atoms with Crippen molar-refractivity contribution in [2.24, 2.45) is 0 Å². The van der Waals surface area contributed by atoms with Crippen LogP contribution < -0.4 is 0 Å². The Labute approximate surface area is 100 Å². The van der Waals surface area contributed by atoms with Crippen LogP contribution in [-0.2, 0) is 9.63 Å². The summed E-state index contributed by atoms with van der Waals surface area (Å²) in [7, 11) is 0. The van der Waals surface area contributed by atoms with E-state index in [0.29, 0.717) is 6.42 Å². The molecule has 0 heterocycles. The Balaban J connectivity index is 3.82. The second kappa shape index (κ2) is 10.9. The maximum atomic E-state index is 11.5. The molecule has 0 saturated carbocycles. The van der Waals surface area contributed by atoms with Gasteiger partial charge in [-0.2, -0.15) is 0 Å². The van der Waals surface area contributed by atoms with Gasteiger partial charge in [0.05, 0.1) is 0 Å². The van der Waals surface area contributed by atoms with Crippen molar-refractivity contribution in [3.63, 3.8) is 0 Å². The Morgan fingerprint density at radius 1 is 0.938 bits per heavy atom. The molecule has 0 amide bonds. The molecule has 0 aliphatic heterocycles. The second-order valence-corrected chi connectivity index (χ2v) is 4.20. The first-order chi connectivity index (χ1) is 7.74. The van der Waals surface area contributed by atoms with Crippen molar-refractivity contribution in [2.75, 3.05) is 13.1 Å². The zero-order chi connectivity index (χ0) is 12.2. The molecule has 0 spiro atoms. The molecular formula is C13H27NO2. The third-order valence-corrected chi connectivity index (χ3v) is 2.49. The van der Waals surface area contributed by atoms with Gasteiger partial charge in [-0.1, -0.05) is 40.0 Å². The Hall–Kier alpha value is -0.570. The number of carbonyl (C=O) groups excluding carboxylic acids is 1. The summed E-state index contributed by atoms with van der Waals surface area (Å²) in [5, 5.41) is 1.84. The van der Waals surface area contributed by atoms with Crippen LogP contribution in [0.4, 0.5) is 0 Å².